The zero-order chi connectivity index (χ0) is 14.6. The molecule has 1 aromatic carbocycles. The van der Waals surface area contributed by atoms with Gasteiger partial charge in [-0.05, 0) is 36.5 Å². The second-order valence-electron chi connectivity index (χ2n) is 5.13. The highest BCUT2D eigenvalue weighted by Crippen LogP contribution is 2.33. The van der Waals surface area contributed by atoms with E-state index in [1.54, 1.807) is 12.1 Å². The van der Waals surface area contributed by atoms with Crippen molar-refractivity contribution in [3.05, 3.63) is 23.8 Å². The van der Waals surface area contributed by atoms with Crippen molar-refractivity contribution in [2.75, 3.05) is 13.7 Å². The van der Waals surface area contributed by atoms with Gasteiger partial charge in [0.15, 0.2) is 0 Å². The molecule has 112 valence electrons. The lowest BCUT2D eigenvalue weighted by Crippen LogP contribution is -2.25. The molecule has 1 aromatic rings. The zero-order valence-corrected chi connectivity index (χ0v) is 12.4. The van der Waals surface area contributed by atoms with Crippen LogP contribution in [-0.4, -0.2) is 27.2 Å². The molecule has 0 spiro atoms. The van der Waals surface area contributed by atoms with Crippen LogP contribution in [-0.2, 0) is 16.6 Å². The summed E-state index contributed by atoms with van der Waals surface area (Å²) in [5.41, 5.74) is 0.546. The molecule has 0 unspecified atom stereocenters. The second kappa shape index (κ2) is 6.56. The Bertz CT molecular complexity index is 552. The van der Waals surface area contributed by atoms with Gasteiger partial charge >= 0.3 is 0 Å². The third-order valence-corrected chi connectivity index (χ3v) is 4.96. The molecule has 1 aliphatic carbocycles. The van der Waals surface area contributed by atoms with Crippen LogP contribution in [0, 0.1) is 5.92 Å². The summed E-state index contributed by atoms with van der Waals surface area (Å²) in [5.74, 6) is 1.09. The molecule has 0 atom stereocenters. The van der Waals surface area contributed by atoms with Crippen molar-refractivity contribution in [1.82, 2.24) is 4.72 Å². The molecule has 0 aromatic heterocycles. The molecular formula is C14H21NO4S. The highest BCUT2D eigenvalue weighted by atomic mass is 32.2. The van der Waals surface area contributed by atoms with E-state index < -0.39 is 10.0 Å². The van der Waals surface area contributed by atoms with Gasteiger partial charge in [0.1, 0.15) is 10.6 Å². The van der Waals surface area contributed by atoms with Crippen molar-refractivity contribution >= 4 is 10.0 Å². The van der Waals surface area contributed by atoms with Gasteiger partial charge in [-0.2, -0.15) is 0 Å². The number of nitrogens with one attached hydrogen (secondary N) is 1. The Morgan fingerprint density at radius 2 is 2.15 bits per heavy atom. The summed E-state index contributed by atoms with van der Waals surface area (Å²) in [5, 5.41) is 9.12. The Morgan fingerprint density at radius 3 is 2.75 bits per heavy atom. The first kappa shape index (κ1) is 15.3. The molecule has 1 fully saturated rings. The fourth-order valence-electron chi connectivity index (χ4n) is 2.11. The maximum absolute atomic E-state index is 12.3. The molecule has 0 aliphatic heterocycles. The van der Waals surface area contributed by atoms with Crippen LogP contribution >= 0.6 is 0 Å². The minimum Gasteiger partial charge on any atom is -0.495 e. The Hall–Kier alpha value is -1.11. The van der Waals surface area contributed by atoms with Crippen LogP contribution in [0.25, 0.3) is 0 Å². The monoisotopic (exact) mass is 299 g/mol. The Balaban J connectivity index is 2.05. The SMILES string of the molecule is COc1ccc(CO)cc1S(=O)(=O)NCCCC1CC1. The van der Waals surface area contributed by atoms with Crippen LogP contribution in [0.5, 0.6) is 5.75 Å². The van der Waals surface area contributed by atoms with Crippen LogP contribution in [0.4, 0.5) is 0 Å². The van der Waals surface area contributed by atoms with Crippen molar-refractivity contribution in [1.29, 1.82) is 0 Å². The predicted molar refractivity (Wildman–Crippen MR) is 76.1 cm³/mol. The van der Waals surface area contributed by atoms with Gasteiger partial charge in [0.25, 0.3) is 0 Å². The van der Waals surface area contributed by atoms with E-state index in [1.807, 2.05) is 0 Å². The number of ether oxygens (including phenoxy) is 1. The van der Waals surface area contributed by atoms with Gasteiger partial charge in [0.05, 0.1) is 13.7 Å². The summed E-state index contributed by atoms with van der Waals surface area (Å²) in [4.78, 5) is 0.0815. The van der Waals surface area contributed by atoms with E-state index in [4.69, 9.17) is 9.84 Å². The van der Waals surface area contributed by atoms with E-state index in [-0.39, 0.29) is 17.3 Å². The number of hydrogen-bond donors (Lipinski definition) is 2. The first-order valence-electron chi connectivity index (χ1n) is 6.84. The van der Waals surface area contributed by atoms with Crippen LogP contribution < -0.4 is 9.46 Å². The molecule has 1 saturated carbocycles. The van der Waals surface area contributed by atoms with Crippen LogP contribution in [0.1, 0.15) is 31.2 Å². The zero-order valence-electron chi connectivity index (χ0n) is 11.6. The van der Waals surface area contributed by atoms with Gasteiger partial charge in [-0.3, -0.25) is 0 Å². The standard InChI is InChI=1S/C14H21NO4S/c1-19-13-7-6-12(10-16)9-14(13)20(17,18)15-8-2-3-11-4-5-11/h6-7,9,11,15-16H,2-5,8,10H2,1H3. The van der Waals surface area contributed by atoms with Crippen LogP contribution in [0.2, 0.25) is 0 Å². The Labute approximate surface area is 120 Å². The average Bonchev–Trinajstić information content (AvgIpc) is 3.27. The molecule has 0 bridgehead atoms. The largest absolute Gasteiger partial charge is 0.495 e. The molecule has 0 radical (unpaired) electrons. The van der Waals surface area contributed by atoms with Crippen molar-refractivity contribution in [3.63, 3.8) is 0 Å². The molecule has 2 rings (SSSR count). The summed E-state index contributed by atoms with van der Waals surface area (Å²) < 4.78 is 32.2. The van der Waals surface area contributed by atoms with Crippen molar-refractivity contribution in [3.8, 4) is 5.75 Å². The van der Waals surface area contributed by atoms with Crippen molar-refractivity contribution in [2.24, 2.45) is 5.92 Å². The van der Waals surface area contributed by atoms with E-state index in [2.05, 4.69) is 4.72 Å². The predicted octanol–water partition coefficient (Wildman–Crippen LogP) is 1.66. The summed E-state index contributed by atoms with van der Waals surface area (Å²) in [6.45, 7) is 0.236. The molecule has 0 saturated heterocycles. The van der Waals surface area contributed by atoms with Crippen LogP contribution in [0.15, 0.2) is 23.1 Å². The van der Waals surface area contributed by atoms with E-state index in [1.165, 1.54) is 26.0 Å². The highest BCUT2D eigenvalue weighted by molar-refractivity contribution is 7.89. The Kier molecular flexibility index (Phi) is 5.01. The topological polar surface area (TPSA) is 75.6 Å². The van der Waals surface area contributed by atoms with Crippen molar-refractivity contribution in [2.45, 2.75) is 37.2 Å². The molecule has 1 aliphatic rings. The summed E-state index contributed by atoms with van der Waals surface area (Å²) in [6, 6.07) is 4.65. The molecular weight excluding hydrogens is 278 g/mol. The third-order valence-electron chi connectivity index (χ3n) is 3.48. The van der Waals surface area contributed by atoms with Crippen LogP contribution in [0.3, 0.4) is 0 Å². The fraction of sp³-hybridized carbons (Fsp3) is 0.571. The molecule has 0 heterocycles. The van der Waals surface area contributed by atoms with Gasteiger partial charge in [0, 0.05) is 6.54 Å². The number of hydrogen-bond acceptors (Lipinski definition) is 4. The molecule has 20 heavy (non-hydrogen) atoms. The number of methoxy groups -OCH3 is 1. The maximum atomic E-state index is 12.3. The molecule has 0 amide bonds. The lowest BCUT2D eigenvalue weighted by atomic mass is 10.2. The summed E-state index contributed by atoms with van der Waals surface area (Å²) in [6.07, 6.45) is 4.49. The van der Waals surface area contributed by atoms with E-state index in [9.17, 15) is 8.42 Å². The second-order valence-corrected chi connectivity index (χ2v) is 6.86. The van der Waals surface area contributed by atoms with Gasteiger partial charge in [-0.1, -0.05) is 18.9 Å². The minimum atomic E-state index is -3.60. The van der Waals surface area contributed by atoms with Gasteiger partial charge < -0.3 is 9.84 Å². The minimum absolute atomic E-state index is 0.0815. The quantitative estimate of drug-likeness (QED) is 0.716. The van der Waals surface area contributed by atoms with Gasteiger partial charge in [-0.25, -0.2) is 13.1 Å². The third kappa shape index (κ3) is 3.94. The molecule has 2 N–H and O–H groups in total. The normalized spacial score (nSPS) is 15.3. The van der Waals surface area contributed by atoms with Gasteiger partial charge in [0.2, 0.25) is 10.0 Å². The summed E-state index contributed by atoms with van der Waals surface area (Å²) in [7, 11) is -2.17. The number of rotatable bonds is 8. The van der Waals surface area contributed by atoms with Gasteiger partial charge in [-0.15, -0.1) is 0 Å². The van der Waals surface area contributed by atoms with E-state index in [0.717, 1.165) is 18.8 Å². The first-order chi connectivity index (χ1) is 9.56. The molecule has 5 nitrogen and oxygen atoms in total. The lowest BCUT2D eigenvalue weighted by Gasteiger charge is -2.11. The number of benzene rings is 1. The molecule has 6 heteroatoms. The van der Waals surface area contributed by atoms with Crippen molar-refractivity contribution < 1.29 is 18.3 Å². The number of aliphatic hydroxyl groups is 1. The summed E-state index contributed by atoms with van der Waals surface area (Å²) >= 11 is 0. The maximum Gasteiger partial charge on any atom is 0.244 e. The van der Waals surface area contributed by atoms with E-state index >= 15 is 0 Å². The average molecular weight is 299 g/mol. The van der Waals surface area contributed by atoms with E-state index in [0.29, 0.717) is 12.1 Å². The number of sulfonamides is 1. The highest BCUT2D eigenvalue weighted by Gasteiger charge is 2.22. The number of aliphatic hydroxyl groups excluding tert-OH is 1. The fourth-order valence-corrected chi connectivity index (χ4v) is 3.40. The first-order valence-corrected chi connectivity index (χ1v) is 8.32. The lowest BCUT2D eigenvalue weighted by molar-refractivity contribution is 0.281. The smallest absolute Gasteiger partial charge is 0.244 e. The Morgan fingerprint density at radius 1 is 1.40 bits per heavy atom.